The summed E-state index contributed by atoms with van der Waals surface area (Å²) in [4.78, 5) is 20.9. The van der Waals surface area contributed by atoms with Crippen molar-refractivity contribution >= 4 is 11.3 Å². The number of aromatic nitrogens is 3. The minimum Gasteiger partial charge on any atom is -0.488 e. The Kier molecular flexibility index (Phi) is 6.34. The summed E-state index contributed by atoms with van der Waals surface area (Å²) in [6.45, 7) is -0.159. The zero-order valence-electron chi connectivity index (χ0n) is 16.8. The Morgan fingerprint density at radius 1 is 1.21 bits per heavy atom. The predicted octanol–water partition coefficient (Wildman–Crippen LogP) is 5.70. The van der Waals surface area contributed by atoms with Crippen LogP contribution in [0, 0.1) is 5.82 Å². The fourth-order valence-corrected chi connectivity index (χ4v) is 3.91. The number of halogens is 4. The summed E-state index contributed by atoms with van der Waals surface area (Å²) < 4.78 is 62.9. The van der Waals surface area contributed by atoms with Gasteiger partial charge in [-0.3, -0.25) is 9.51 Å². The molecule has 0 radical (unpaired) electrons. The van der Waals surface area contributed by atoms with Crippen molar-refractivity contribution in [3.8, 4) is 27.7 Å². The van der Waals surface area contributed by atoms with Gasteiger partial charge in [0.2, 0.25) is 0 Å². The van der Waals surface area contributed by atoms with Crippen LogP contribution in [0.25, 0.3) is 32.4 Å². The van der Waals surface area contributed by atoms with Crippen LogP contribution in [-0.2, 0) is 19.3 Å². The minimum atomic E-state index is -4.46. The Morgan fingerprint density at radius 2 is 1.97 bits per heavy atom. The predicted molar refractivity (Wildman–Crippen MR) is 112 cm³/mol. The third-order valence-corrected chi connectivity index (χ3v) is 5.65. The van der Waals surface area contributed by atoms with Crippen molar-refractivity contribution in [1.29, 1.82) is 0 Å². The maximum Gasteiger partial charge on any atom is 0.439 e. The highest BCUT2D eigenvalue weighted by Crippen LogP contribution is 2.34. The van der Waals surface area contributed by atoms with Crippen LogP contribution in [0.15, 0.2) is 56.9 Å². The largest absolute Gasteiger partial charge is 0.488 e. The second-order valence-electron chi connectivity index (χ2n) is 6.73. The summed E-state index contributed by atoms with van der Waals surface area (Å²) in [5, 5.41) is 7.33. The van der Waals surface area contributed by atoms with E-state index in [0.717, 1.165) is 29.5 Å². The second-order valence-corrected chi connectivity index (χ2v) is 7.81. The molecule has 0 aliphatic heterocycles. The molecule has 0 saturated carbocycles. The van der Waals surface area contributed by atoms with Crippen molar-refractivity contribution < 1.29 is 26.8 Å². The molecular weight excluding hydrogens is 480 g/mol. The van der Waals surface area contributed by atoms with E-state index in [9.17, 15) is 22.4 Å². The van der Waals surface area contributed by atoms with E-state index in [4.69, 9.17) is 10.3 Å². The fraction of sp³-hybridized carbons (Fsp3) is 0.150. The summed E-state index contributed by atoms with van der Waals surface area (Å²) in [5.74, 6) is -1.46. The lowest BCUT2D eigenvalue weighted by Gasteiger charge is -2.07. The molecule has 0 spiro atoms. The SMILES string of the molecule is [N-]=[N+]=NCc1nc(-c2ccc(C(F)(F)F)cc2)sc1COc1ccc(-c2noc(=O)[nH]2)c(F)c1. The third kappa shape index (κ3) is 5.08. The molecule has 2 aromatic carbocycles. The Morgan fingerprint density at radius 3 is 2.59 bits per heavy atom. The molecule has 1 N–H and O–H groups in total. The lowest BCUT2D eigenvalue weighted by atomic mass is 10.1. The number of alkyl halides is 3. The fourth-order valence-electron chi connectivity index (χ4n) is 2.92. The number of thiazole rings is 1. The molecule has 14 heteroatoms. The topological polar surface area (TPSA) is 130 Å². The van der Waals surface area contributed by atoms with Gasteiger partial charge in [0.15, 0.2) is 5.82 Å². The Balaban J connectivity index is 1.55. The van der Waals surface area contributed by atoms with Crippen LogP contribution in [0.5, 0.6) is 5.75 Å². The van der Waals surface area contributed by atoms with E-state index in [-0.39, 0.29) is 30.3 Å². The highest BCUT2D eigenvalue weighted by Gasteiger charge is 2.30. The molecule has 0 aliphatic rings. The number of rotatable bonds is 7. The highest BCUT2D eigenvalue weighted by atomic mass is 32.1. The number of azide groups is 1. The van der Waals surface area contributed by atoms with Gasteiger partial charge >= 0.3 is 11.9 Å². The molecule has 9 nitrogen and oxygen atoms in total. The smallest absolute Gasteiger partial charge is 0.439 e. The molecule has 0 aliphatic carbocycles. The third-order valence-electron chi connectivity index (χ3n) is 4.53. The summed E-state index contributed by atoms with van der Waals surface area (Å²) in [6, 6.07) is 8.39. The molecule has 0 fully saturated rings. The van der Waals surface area contributed by atoms with Gasteiger partial charge in [-0.15, -0.1) is 11.3 Å². The lowest BCUT2D eigenvalue weighted by molar-refractivity contribution is -0.137. The number of nitrogens with one attached hydrogen (secondary N) is 1. The first-order valence-electron chi connectivity index (χ1n) is 9.40. The first-order chi connectivity index (χ1) is 16.2. The van der Waals surface area contributed by atoms with Crippen molar-refractivity contribution in [3.63, 3.8) is 0 Å². The second kappa shape index (κ2) is 9.37. The van der Waals surface area contributed by atoms with Gasteiger partial charge in [0.05, 0.1) is 28.2 Å². The molecule has 4 aromatic rings. The van der Waals surface area contributed by atoms with E-state index in [0.29, 0.717) is 21.1 Å². The van der Waals surface area contributed by atoms with E-state index >= 15 is 0 Å². The molecule has 2 aromatic heterocycles. The maximum absolute atomic E-state index is 14.4. The Hall–Kier alpha value is -4.16. The molecule has 0 amide bonds. The van der Waals surface area contributed by atoms with Crippen LogP contribution in [0.3, 0.4) is 0 Å². The minimum absolute atomic E-state index is 0.00428. The van der Waals surface area contributed by atoms with Gasteiger partial charge < -0.3 is 4.74 Å². The number of ether oxygens (including phenoxy) is 1. The number of H-pyrrole nitrogens is 1. The van der Waals surface area contributed by atoms with Gasteiger partial charge in [0.25, 0.3) is 0 Å². The van der Waals surface area contributed by atoms with Crippen molar-refractivity contribution in [2.24, 2.45) is 5.11 Å². The first-order valence-corrected chi connectivity index (χ1v) is 10.2. The molecule has 174 valence electrons. The monoisotopic (exact) mass is 492 g/mol. The van der Waals surface area contributed by atoms with E-state index in [2.05, 4.69) is 29.7 Å². The average molecular weight is 492 g/mol. The van der Waals surface area contributed by atoms with Gasteiger partial charge in [0.1, 0.15) is 23.2 Å². The number of hydrogen-bond acceptors (Lipinski definition) is 7. The Bertz CT molecular complexity index is 1420. The molecule has 34 heavy (non-hydrogen) atoms. The van der Waals surface area contributed by atoms with Crippen molar-refractivity contribution in [1.82, 2.24) is 15.1 Å². The summed E-state index contributed by atoms with van der Waals surface area (Å²) in [6.07, 6.45) is -4.46. The number of aromatic amines is 1. The van der Waals surface area contributed by atoms with Crippen LogP contribution < -0.4 is 10.5 Å². The molecular formula is C20H12F4N6O3S. The Labute approximate surface area is 191 Å². The summed E-state index contributed by atoms with van der Waals surface area (Å²) in [5.41, 5.74) is 8.68. The molecule has 0 saturated heterocycles. The van der Waals surface area contributed by atoms with Crippen LogP contribution in [0.2, 0.25) is 0 Å². The van der Waals surface area contributed by atoms with Gasteiger partial charge in [0, 0.05) is 16.5 Å². The van der Waals surface area contributed by atoms with Gasteiger partial charge in [-0.05, 0) is 29.8 Å². The molecule has 0 unspecified atom stereocenters. The molecule has 2 heterocycles. The number of hydrogen-bond donors (Lipinski definition) is 1. The average Bonchev–Trinajstić information content (AvgIpc) is 3.42. The molecule has 4 rings (SSSR count). The highest BCUT2D eigenvalue weighted by molar-refractivity contribution is 7.15. The van der Waals surface area contributed by atoms with Gasteiger partial charge in [-0.2, -0.15) is 13.2 Å². The van der Waals surface area contributed by atoms with Crippen LogP contribution in [0.1, 0.15) is 16.1 Å². The quantitative estimate of drug-likeness (QED) is 0.153. The number of nitrogens with zero attached hydrogens (tertiary/aromatic N) is 5. The zero-order valence-corrected chi connectivity index (χ0v) is 17.7. The van der Waals surface area contributed by atoms with Gasteiger partial charge in [-0.1, -0.05) is 22.4 Å². The van der Waals surface area contributed by atoms with E-state index in [1.54, 1.807) is 0 Å². The standard InChI is InChI=1S/C20H12F4N6O3S/c21-14-7-12(5-6-13(14)17-28-19(31)33-29-17)32-9-16-15(8-26-30-25)27-18(34-16)10-1-3-11(4-2-10)20(22,23)24/h1-7H,8-9H2,(H,28,29,31). The first kappa shape index (κ1) is 23.0. The summed E-state index contributed by atoms with van der Waals surface area (Å²) >= 11 is 1.15. The normalized spacial score (nSPS) is 11.3. The van der Waals surface area contributed by atoms with Crippen molar-refractivity contribution in [3.05, 3.63) is 85.4 Å². The van der Waals surface area contributed by atoms with Crippen LogP contribution in [0.4, 0.5) is 17.6 Å². The van der Waals surface area contributed by atoms with Crippen molar-refractivity contribution in [2.45, 2.75) is 19.3 Å². The van der Waals surface area contributed by atoms with E-state index < -0.39 is 23.3 Å². The van der Waals surface area contributed by atoms with E-state index in [1.807, 2.05) is 0 Å². The summed E-state index contributed by atoms with van der Waals surface area (Å²) in [7, 11) is 0. The van der Waals surface area contributed by atoms with Crippen molar-refractivity contribution in [2.75, 3.05) is 0 Å². The lowest BCUT2D eigenvalue weighted by Crippen LogP contribution is -2.03. The van der Waals surface area contributed by atoms with E-state index in [1.165, 1.54) is 24.3 Å². The van der Waals surface area contributed by atoms with Crippen LogP contribution in [-0.4, -0.2) is 15.1 Å². The number of benzene rings is 2. The van der Waals surface area contributed by atoms with Gasteiger partial charge in [-0.25, -0.2) is 14.2 Å². The zero-order chi connectivity index (χ0) is 24.3. The maximum atomic E-state index is 14.4. The van der Waals surface area contributed by atoms with Crippen LogP contribution >= 0.6 is 11.3 Å². The molecule has 0 bridgehead atoms. The molecule has 0 atom stereocenters.